The lowest BCUT2D eigenvalue weighted by Crippen LogP contribution is -2.25. The second-order valence-corrected chi connectivity index (χ2v) is 11.8. The van der Waals surface area contributed by atoms with E-state index in [0.29, 0.717) is 0 Å². The van der Waals surface area contributed by atoms with Gasteiger partial charge in [0.25, 0.3) is 0 Å². The maximum absolute atomic E-state index is 6.36. The Morgan fingerprint density at radius 1 is 0.548 bits per heavy atom. The summed E-state index contributed by atoms with van der Waals surface area (Å²) in [5.41, 5.74) is 11.5. The summed E-state index contributed by atoms with van der Waals surface area (Å²) in [6, 6.07) is 48.0. The molecule has 1 aliphatic rings. The summed E-state index contributed by atoms with van der Waals surface area (Å²) >= 11 is 0. The van der Waals surface area contributed by atoms with Gasteiger partial charge in [-0.2, -0.15) is 0 Å². The highest BCUT2D eigenvalue weighted by Crippen LogP contribution is 2.55. The Kier molecular flexibility index (Phi) is 4.67. The predicted molar refractivity (Wildman–Crippen MR) is 175 cm³/mol. The zero-order chi connectivity index (χ0) is 28.0. The van der Waals surface area contributed by atoms with Gasteiger partial charge in [0.05, 0.1) is 22.4 Å². The van der Waals surface area contributed by atoms with Crippen molar-refractivity contribution in [3.8, 4) is 11.1 Å². The molecular formula is C39H28N2O. The molecule has 0 unspecified atom stereocenters. The van der Waals surface area contributed by atoms with E-state index in [1.165, 1.54) is 44.1 Å². The number of nitrogens with zero attached hydrogens (tertiary/aromatic N) is 2. The summed E-state index contributed by atoms with van der Waals surface area (Å²) in [6.45, 7) is 4.67. The van der Waals surface area contributed by atoms with Gasteiger partial charge in [0, 0.05) is 32.5 Å². The van der Waals surface area contributed by atoms with E-state index in [1.54, 1.807) is 0 Å². The van der Waals surface area contributed by atoms with Crippen molar-refractivity contribution in [3.05, 3.63) is 145 Å². The van der Waals surface area contributed by atoms with E-state index in [0.717, 1.165) is 33.3 Å². The molecule has 2 heterocycles. The van der Waals surface area contributed by atoms with Crippen molar-refractivity contribution >= 4 is 55.1 Å². The number of fused-ring (bicyclic) bond motifs is 9. The molecule has 3 heteroatoms. The summed E-state index contributed by atoms with van der Waals surface area (Å²) in [6.07, 6.45) is 0. The molecule has 200 valence electrons. The third-order valence-electron chi connectivity index (χ3n) is 9.16. The molecule has 6 aromatic carbocycles. The standard InChI is InChI=1S/C39H28N2O/c1-39(2)31-18-12-21-35(38(31)30-23-29-28-17-8-11-22-36(28)42-37(29)24-32(30)39)40(25-13-4-3-5-14-25)41-33-19-9-6-15-26(33)27-16-7-10-20-34(27)41/h3-24H,1-2H3. The fourth-order valence-electron chi connectivity index (χ4n) is 7.21. The van der Waals surface area contributed by atoms with Crippen molar-refractivity contribution in [3.63, 3.8) is 0 Å². The van der Waals surface area contributed by atoms with Gasteiger partial charge >= 0.3 is 0 Å². The van der Waals surface area contributed by atoms with Crippen LogP contribution in [-0.2, 0) is 5.41 Å². The van der Waals surface area contributed by atoms with Crippen LogP contribution in [0.15, 0.2) is 138 Å². The van der Waals surface area contributed by atoms with E-state index in [4.69, 9.17) is 4.42 Å². The summed E-state index contributed by atoms with van der Waals surface area (Å²) in [7, 11) is 0. The first-order chi connectivity index (χ1) is 20.6. The number of furan rings is 1. The Morgan fingerprint density at radius 2 is 1.19 bits per heavy atom. The van der Waals surface area contributed by atoms with Crippen LogP contribution < -0.4 is 5.01 Å². The van der Waals surface area contributed by atoms with Crippen LogP contribution in [0.4, 0.5) is 11.4 Å². The minimum Gasteiger partial charge on any atom is -0.456 e. The molecule has 1 aliphatic carbocycles. The van der Waals surface area contributed by atoms with Gasteiger partial charge in [0.2, 0.25) is 0 Å². The van der Waals surface area contributed by atoms with Crippen LogP contribution in [-0.4, -0.2) is 4.68 Å². The van der Waals surface area contributed by atoms with E-state index in [-0.39, 0.29) is 5.41 Å². The highest BCUT2D eigenvalue weighted by atomic mass is 16.3. The molecule has 0 radical (unpaired) electrons. The minimum atomic E-state index is -0.184. The first-order valence-corrected chi connectivity index (χ1v) is 14.5. The Bertz CT molecular complexity index is 2290. The molecule has 0 N–H and O–H groups in total. The first kappa shape index (κ1) is 23.4. The molecule has 0 bridgehead atoms. The zero-order valence-corrected chi connectivity index (χ0v) is 23.5. The molecule has 2 aromatic heterocycles. The van der Waals surface area contributed by atoms with Gasteiger partial charge in [-0.1, -0.05) is 98.8 Å². The Balaban J connectivity index is 1.41. The monoisotopic (exact) mass is 540 g/mol. The maximum atomic E-state index is 6.36. The molecule has 9 rings (SSSR count). The van der Waals surface area contributed by atoms with Crippen LogP contribution in [0.2, 0.25) is 0 Å². The lowest BCUT2D eigenvalue weighted by Gasteiger charge is -2.30. The predicted octanol–water partition coefficient (Wildman–Crippen LogP) is 10.6. The van der Waals surface area contributed by atoms with Crippen molar-refractivity contribution in [1.82, 2.24) is 4.68 Å². The third kappa shape index (κ3) is 3.05. The van der Waals surface area contributed by atoms with Gasteiger partial charge in [-0.25, -0.2) is 9.69 Å². The number of benzene rings is 6. The number of rotatable bonds is 3. The van der Waals surface area contributed by atoms with Crippen LogP contribution >= 0.6 is 0 Å². The largest absolute Gasteiger partial charge is 0.456 e. The van der Waals surface area contributed by atoms with E-state index >= 15 is 0 Å². The van der Waals surface area contributed by atoms with Gasteiger partial charge in [-0.3, -0.25) is 0 Å². The molecule has 0 saturated heterocycles. The van der Waals surface area contributed by atoms with E-state index in [2.05, 4.69) is 151 Å². The maximum Gasteiger partial charge on any atom is 0.135 e. The normalized spacial score (nSPS) is 13.7. The summed E-state index contributed by atoms with van der Waals surface area (Å²) in [4.78, 5) is 0. The molecule has 0 amide bonds. The van der Waals surface area contributed by atoms with Crippen LogP contribution in [0.25, 0.3) is 54.9 Å². The first-order valence-electron chi connectivity index (χ1n) is 14.5. The van der Waals surface area contributed by atoms with Crippen molar-refractivity contribution in [2.24, 2.45) is 0 Å². The summed E-state index contributed by atoms with van der Waals surface area (Å²) in [5.74, 6) is 0. The van der Waals surface area contributed by atoms with Gasteiger partial charge in [0.1, 0.15) is 11.2 Å². The Morgan fingerprint density at radius 3 is 1.93 bits per heavy atom. The topological polar surface area (TPSA) is 21.3 Å². The number of aromatic nitrogens is 1. The number of para-hydroxylation sites is 4. The van der Waals surface area contributed by atoms with E-state index in [9.17, 15) is 0 Å². The SMILES string of the molecule is CC1(C)c2cc3oc4ccccc4c3cc2-c2c(N(c3ccccc3)n3c4ccccc4c4ccccc43)cccc21. The number of hydrogen-bond acceptors (Lipinski definition) is 2. The third-order valence-corrected chi connectivity index (χ3v) is 9.16. The molecule has 0 atom stereocenters. The highest BCUT2D eigenvalue weighted by molar-refractivity contribution is 6.11. The Hall–Kier alpha value is -5.28. The minimum absolute atomic E-state index is 0.184. The number of hydrogen-bond donors (Lipinski definition) is 0. The van der Waals surface area contributed by atoms with E-state index < -0.39 is 0 Å². The second kappa shape index (κ2) is 8.37. The van der Waals surface area contributed by atoms with Crippen LogP contribution in [0.1, 0.15) is 25.0 Å². The molecule has 8 aromatic rings. The van der Waals surface area contributed by atoms with E-state index in [1.807, 2.05) is 6.07 Å². The molecular weight excluding hydrogens is 512 g/mol. The van der Waals surface area contributed by atoms with Crippen LogP contribution in [0.5, 0.6) is 0 Å². The highest BCUT2D eigenvalue weighted by Gasteiger charge is 2.39. The summed E-state index contributed by atoms with van der Waals surface area (Å²) < 4.78 is 8.75. The lowest BCUT2D eigenvalue weighted by molar-refractivity contribution is 0.647. The van der Waals surface area contributed by atoms with Crippen LogP contribution in [0.3, 0.4) is 0 Å². The van der Waals surface area contributed by atoms with Crippen LogP contribution in [0, 0.1) is 0 Å². The molecule has 0 aliphatic heterocycles. The quantitative estimate of drug-likeness (QED) is 0.222. The zero-order valence-electron chi connectivity index (χ0n) is 23.5. The molecule has 0 spiro atoms. The van der Waals surface area contributed by atoms with Gasteiger partial charge < -0.3 is 4.42 Å². The molecule has 42 heavy (non-hydrogen) atoms. The number of anilines is 2. The van der Waals surface area contributed by atoms with Gasteiger partial charge in [0.15, 0.2) is 0 Å². The molecule has 3 nitrogen and oxygen atoms in total. The molecule has 0 fully saturated rings. The second-order valence-electron chi connectivity index (χ2n) is 11.8. The molecule has 0 saturated carbocycles. The Labute approximate surface area is 243 Å². The lowest BCUT2D eigenvalue weighted by atomic mass is 9.82. The van der Waals surface area contributed by atoms with Crippen molar-refractivity contribution in [2.75, 3.05) is 5.01 Å². The smallest absolute Gasteiger partial charge is 0.135 e. The fourth-order valence-corrected chi connectivity index (χ4v) is 7.21. The summed E-state index contributed by atoms with van der Waals surface area (Å²) in [5, 5.41) is 7.21. The van der Waals surface area contributed by atoms with Crippen molar-refractivity contribution in [2.45, 2.75) is 19.3 Å². The van der Waals surface area contributed by atoms with Crippen molar-refractivity contribution in [1.29, 1.82) is 0 Å². The fraction of sp³-hybridized carbons (Fsp3) is 0.0769. The van der Waals surface area contributed by atoms with Gasteiger partial charge in [-0.05, 0) is 65.2 Å². The van der Waals surface area contributed by atoms with Gasteiger partial charge in [-0.15, -0.1) is 0 Å². The van der Waals surface area contributed by atoms with Crippen molar-refractivity contribution < 1.29 is 4.42 Å². The average Bonchev–Trinajstić information content (AvgIpc) is 3.64. The average molecular weight is 541 g/mol.